The van der Waals surface area contributed by atoms with Gasteiger partial charge in [0.05, 0.1) is 11.0 Å². The van der Waals surface area contributed by atoms with Crippen molar-refractivity contribution in [1.29, 1.82) is 0 Å². The minimum Gasteiger partial charge on any atom is -0.355 e. The first-order chi connectivity index (χ1) is 27.3. The van der Waals surface area contributed by atoms with Crippen LogP contribution in [0, 0.1) is 0 Å². The maximum absolute atomic E-state index is 3.92. The number of rotatable bonds is 5. The summed E-state index contributed by atoms with van der Waals surface area (Å²) in [5.74, 6) is 0. The molecule has 0 saturated heterocycles. The summed E-state index contributed by atoms with van der Waals surface area (Å²) in [5.41, 5.74) is 21.3. The summed E-state index contributed by atoms with van der Waals surface area (Å²) in [4.78, 5) is 0. The van der Waals surface area contributed by atoms with E-state index in [0.717, 1.165) is 11.4 Å². The molecule has 9 aromatic rings. The van der Waals surface area contributed by atoms with Gasteiger partial charge in [-0.05, 0) is 122 Å². The zero-order chi connectivity index (χ0) is 37.8. The molecule has 56 heavy (non-hydrogen) atoms. The standard InChI is InChI=1S/C54H42N2/c1-53(2)46-19-11-8-16-39(46)41-26-22-36(32-48(41)53)44-30-34(23-28-50(44)55-37-25-27-42-40-17-9-12-20-47(40)54(3,4)49(42)33-37)35-24-29-52-45(31-35)43-18-10-13-21-51(43)56(52)38-14-6-5-7-15-38/h5-33,55H,1-4H3. The van der Waals surface area contributed by atoms with Crippen LogP contribution in [0.1, 0.15) is 49.9 Å². The van der Waals surface area contributed by atoms with Gasteiger partial charge in [-0.2, -0.15) is 0 Å². The topological polar surface area (TPSA) is 17.0 Å². The molecule has 2 heteroatoms. The molecule has 0 fully saturated rings. The first-order valence-electron chi connectivity index (χ1n) is 19.8. The lowest BCUT2D eigenvalue weighted by Gasteiger charge is -2.23. The summed E-state index contributed by atoms with van der Waals surface area (Å²) in [6.45, 7) is 9.42. The number of benzene rings is 8. The molecule has 1 heterocycles. The fourth-order valence-corrected chi connectivity index (χ4v) is 9.89. The van der Waals surface area contributed by atoms with E-state index in [4.69, 9.17) is 0 Å². The zero-order valence-electron chi connectivity index (χ0n) is 32.2. The summed E-state index contributed by atoms with van der Waals surface area (Å²) in [6, 6.07) is 65.1. The Hall–Kier alpha value is -6.64. The second-order valence-corrected chi connectivity index (χ2v) is 16.7. The van der Waals surface area contributed by atoms with Gasteiger partial charge in [0.1, 0.15) is 0 Å². The Morgan fingerprint density at radius 1 is 0.375 bits per heavy atom. The average molecular weight is 719 g/mol. The molecule has 0 spiro atoms. The third kappa shape index (κ3) is 4.75. The van der Waals surface area contributed by atoms with E-state index in [1.54, 1.807) is 0 Å². The molecule has 268 valence electrons. The second kappa shape index (κ2) is 11.9. The van der Waals surface area contributed by atoms with Gasteiger partial charge in [0.25, 0.3) is 0 Å². The Morgan fingerprint density at radius 3 is 1.68 bits per heavy atom. The molecule has 0 bridgehead atoms. The molecule has 0 amide bonds. The predicted octanol–water partition coefficient (Wildman–Crippen LogP) is 14.5. The van der Waals surface area contributed by atoms with Crippen LogP contribution in [0.3, 0.4) is 0 Å². The quantitative estimate of drug-likeness (QED) is 0.187. The van der Waals surface area contributed by atoms with Crippen LogP contribution in [0.15, 0.2) is 176 Å². The second-order valence-electron chi connectivity index (χ2n) is 16.7. The highest BCUT2D eigenvalue weighted by molar-refractivity contribution is 6.10. The molecule has 1 N–H and O–H groups in total. The Kier molecular flexibility index (Phi) is 6.98. The first kappa shape index (κ1) is 32.8. The number of nitrogens with zero attached hydrogens (tertiary/aromatic N) is 1. The molecule has 1 aromatic heterocycles. The maximum Gasteiger partial charge on any atom is 0.0541 e. The normalized spacial score (nSPS) is 14.4. The van der Waals surface area contributed by atoms with Crippen molar-refractivity contribution >= 4 is 33.2 Å². The van der Waals surface area contributed by atoms with Crippen molar-refractivity contribution in [3.63, 3.8) is 0 Å². The molecule has 0 radical (unpaired) electrons. The fraction of sp³-hybridized carbons (Fsp3) is 0.111. The van der Waals surface area contributed by atoms with Gasteiger partial charge in [0.2, 0.25) is 0 Å². The van der Waals surface area contributed by atoms with E-state index in [2.05, 4.69) is 214 Å². The SMILES string of the molecule is CC1(C)c2ccccc2-c2ccc(Nc3ccc(-c4ccc5c(c4)c4ccccc4n5-c4ccccc4)cc3-c3ccc4c(c3)C(C)(C)c3ccccc3-4)cc21. The van der Waals surface area contributed by atoms with Crippen molar-refractivity contribution in [1.82, 2.24) is 4.57 Å². The molecule has 0 aliphatic heterocycles. The third-order valence-electron chi connectivity index (χ3n) is 12.8. The van der Waals surface area contributed by atoms with Gasteiger partial charge in [-0.25, -0.2) is 0 Å². The lowest BCUT2D eigenvalue weighted by atomic mass is 9.81. The van der Waals surface area contributed by atoms with E-state index in [0.29, 0.717) is 0 Å². The number of fused-ring (bicyclic) bond motifs is 9. The van der Waals surface area contributed by atoms with Crippen LogP contribution in [0.2, 0.25) is 0 Å². The van der Waals surface area contributed by atoms with Gasteiger partial charge in [-0.3, -0.25) is 0 Å². The molecular formula is C54H42N2. The van der Waals surface area contributed by atoms with Crippen LogP contribution in [0.25, 0.3) is 72.0 Å². The van der Waals surface area contributed by atoms with Crippen LogP contribution in [0.4, 0.5) is 11.4 Å². The predicted molar refractivity (Wildman–Crippen MR) is 237 cm³/mol. The Labute approximate surface area is 328 Å². The zero-order valence-corrected chi connectivity index (χ0v) is 32.2. The van der Waals surface area contributed by atoms with Crippen molar-refractivity contribution in [2.24, 2.45) is 0 Å². The van der Waals surface area contributed by atoms with E-state index >= 15 is 0 Å². The van der Waals surface area contributed by atoms with Gasteiger partial charge in [0.15, 0.2) is 0 Å². The molecule has 2 aliphatic carbocycles. The van der Waals surface area contributed by atoms with Gasteiger partial charge < -0.3 is 9.88 Å². The van der Waals surface area contributed by atoms with Crippen molar-refractivity contribution in [2.45, 2.75) is 38.5 Å². The molecule has 8 aromatic carbocycles. The summed E-state index contributed by atoms with van der Waals surface area (Å²) < 4.78 is 2.38. The van der Waals surface area contributed by atoms with E-state index < -0.39 is 0 Å². The van der Waals surface area contributed by atoms with Crippen LogP contribution in [-0.2, 0) is 10.8 Å². The Balaban J connectivity index is 1.06. The fourth-order valence-electron chi connectivity index (χ4n) is 9.89. The summed E-state index contributed by atoms with van der Waals surface area (Å²) in [5, 5.41) is 6.43. The van der Waals surface area contributed by atoms with Crippen LogP contribution in [0.5, 0.6) is 0 Å². The largest absolute Gasteiger partial charge is 0.355 e. The highest BCUT2D eigenvalue weighted by Crippen LogP contribution is 2.52. The summed E-state index contributed by atoms with van der Waals surface area (Å²) in [7, 11) is 0. The lowest BCUT2D eigenvalue weighted by Crippen LogP contribution is -2.15. The van der Waals surface area contributed by atoms with Gasteiger partial charge in [-0.15, -0.1) is 0 Å². The molecule has 0 unspecified atom stereocenters. The van der Waals surface area contributed by atoms with Crippen molar-refractivity contribution in [3.05, 3.63) is 198 Å². The third-order valence-corrected chi connectivity index (χ3v) is 12.8. The molecule has 2 nitrogen and oxygen atoms in total. The van der Waals surface area contributed by atoms with Gasteiger partial charge in [-0.1, -0.05) is 143 Å². The molecular weight excluding hydrogens is 677 g/mol. The number of hydrogen-bond donors (Lipinski definition) is 1. The smallest absolute Gasteiger partial charge is 0.0541 e. The van der Waals surface area contributed by atoms with Crippen molar-refractivity contribution in [3.8, 4) is 50.2 Å². The van der Waals surface area contributed by atoms with E-state index in [9.17, 15) is 0 Å². The van der Waals surface area contributed by atoms with Crippen LogP contribution in [-0.4, -0.2) is 4.57 Å². The minimum atomic E-state index is -0.0916. The van der Waals surface area contributed by atoms with Crippen LogP contribution >= 0.6 is 0 Å². The lowest BCUT2D eigenvalue weighted by molar-refractivity contribution is 0.660. The van der Waals surface area contributed by atoms with Crippen molar-refractivity contribution < 1.29 is 0 Å². The molecule has 0 atom stereocenters. The monoisotopic (exact) mass is 718 g/mol. The van der Waals surface area contributed by atoms with E-state index in [1.165, 1.54) is 94.3 Å². The Bertz CT molecular complexity index is 3050. The number of anilines is 2. The average Bonchev–Trinajstić information content (AvgIpc) is 3.77. The molecule has 0 saturated carbocycles. The van der Waals surface area contributed by atoms with E-state index in [1.807, 2.05) is 0 Å². The molecule has 11 rings (SSSR count). The van der Waals surface area contributed by atoms with Gasteiger partial charge >= 0.3 is 0 Å². The molecule has 2 aliphatic rings. The van der Waals surface area contributed by atoms with E-state index in [-0.39, 0.29) is 10.8 Å². The minimum absolute atomic E-state index is 0.0703. The highest BCUT2D eigenvalue weighted by Gasteiger charge is 2.36. The maximum atomic E-state index is 3.92. The number of nitrogens with one attached hydrogen (secondary N) is 1. The van der Waals surface area contributed by atoms with Crippen molar-refractivity contribution in [2.75, 3.05) is 5.32 Å². The number of para-hydroxylation sites is 2. The summed E-state index contributed by atoms with van der Waals surface area (Å²) in [6.07, 6.45) is 0. The summed E-state index contributed by atoms with van der Waals surface area (Å²) >= 11 is 0. The number of aromatic nitrogens is 1. The highest BCUT2D eigenvalue weighted by atomic mass is 15.0. The Morgan fingerprint density at radius 2 is 0.929 bits per heavy atom. The number of hydrogen-bond acceptors (Lipinski definition) is 1. The van der Waals surface area contributed by atoms with Crippen LogP contribution < -0.4 is 5.32 Å². The van der Waals surface area contributed by atoms with Gasteiger partial charge in [0, 0.05) is 44.2 Å². The first-order valence-corrected chi connectivity index (χ1v) is 19.8.